The number of benzene rings is 2. The SMILES string of the molecule is CCN(CC)C(=O)c1nc2ccc(-c3cc(Cl)c4cnccc4n3)cc2o1.CCN(CC)C(=O)c1nc2ccc(-c3cc(NCCCN4CCCCC4)c4cnccc4n3)cc2o1.NCCCN1CCCCC1. The zero-order chi connectivity index (χ0) is 51.1. The van der Waals surface area contributed by atoms with Crippen molar-refractivity contribution in [2.24, 2.45) is 5.73 Å². The standard InChI is InChI=1S/C28H34N6O2.C20H17ClN4O2.C8H18N2/c1-3-34(4-2)28(35)27-32-23-10-9-20(17-26(23)36-27)24-18-25(21-19-29-13-11-22(21)31-24)30-12-8-16-33-14-6-5-7-15-33;1-3-25(4-2)20(26)19-24-16-6-5-12(9-18(16)27-19)17-10-14(21)13-11-22-8-7-15(13)23-17;9-5-4-8-10-6-2-1-3-7-10/h9-11,13,17-19H,3-8,12,14-16H2,1-2H3,(H,30,31);5-11H,3-4H2,1-2H3;1-9H2. The molecule has 8 aromatic rings. The lowest BCUT2D eigenvalue weighted by molar-refractivity contribution is 0.0728. The number of nitrogens with two attached hydrogens (primary N) is 1. The highest BCUT2D eigenvalue weighted by atomic mass is 35.5. The van der Waals surface area contributed by atoms with Gasteiger partial charge in [-0.05, 0) is 161 Å². The van der Waals surface area contributed by atoms with Crippen LogP contribution in [0.15, 0.2) is 94.3 Å². The Kier molecular flexibility index (Phi) is 18.7. The number of carbonyl (C=O) groups excluding carboxylic acids is 2. The van der Waals surface area contributed by atoms with Crippen molar-refractivity contribution in [2.75, 3.05) is 83.9 Å². The van der Waals surface area contributed by atoms with Crippen molar-refractivity contribution in [3.8, 4) is 22.5 Å². The van der Waals surface area contributed by atoms with Gasteiger partial charge in [0.1, 0.15) is 11.0 Å². The molecule has 2 aliphatic rings. The fourth-order valence-electron chi connectivity index (χ4n) is 9.39. The Balaban J connectivity index is 0.000000168. The van der Waals surface area contributed by atoms with Crippen molar-refractivity contribution in [1.82, 2.24) is 49.5 Å². The molecule has 0 bridgehead atoms. The zero-order valence-electron chi connectivity index (χ0n) is 42.8. The predicted octanol–water partition coefficient (Wildman–Crippen LogP) is 10.6. The van der Waals surface area contributed by atoms with E-state index in [1.807, 2.05) is 82.4 Å². The number of pyridine rings is 4. The number of nitrogens with zero attached hydrogens (tertiary/aromatic N) is 10. The van der Waals surface area contributed by atoms with E-state index in [9.17, 15) is 9.59 Å². The van der Waals surface area contributed by atoms with Crippen LogP contribution in [-0.2, 0) is 0 Å². The van der Waals surface area contributed by atoms with Crippen LogP contribution in [-0.4, -0.2) is 140 Å². The largest absolute Gasteiger partial charge is 0.432 e. The van der Waals surface area contributed by atoms with Gasteiger partial charge in [-0.1, -0.05) is 36.6 Å². The van der Waals surface area contributed by atoms with Gasteiger partial charge >= 0.3 is 11.8 Å². The Labute approximate surface area is 432 Å². The van der Waals surface area contributed by atoms with Gasteiger partial charge in [-0.15, -0.1) is 0 Å². The fourth-order valence-corrected chi connectivity index (χ4v) is 9.64. The number of fused-ring (bicyclic) bond motifs is 4. The van der Waals surface area contributed by atoms with E-state index in [0.29, 0.717) is 59.1 Å². The second-order valence-corrected chi connectivity index (χ2v) is 18.8. The van der Waals surface area contributed by atoms with Gasteiger partial charge < -0.3 is 39.5 Å². The third kappa shape index (κ3) is 13.3. The molecular formula is C56H69ClN12O4. The van der Waals surface area contributed by atoms with Crippen LogP contribution >= 0.6 is 11.6 Å². The lowest BCUT2D eigenvalue weighted by Gasteiger charge is -2.26. The number of anilines is 1. The highest BCUT2D eigenvalue weighted by Gasteiger charge is 2.22. The number of hydrogen-bond donors (Lipinski definition) is 2. The first kappa shape index (κ1) is 52.7. The summed E-state index contributed by atoms with van der Waals surface area (Å²) in [5, 5.41) is 6.02. The van der Waals surface area contributed by atoms with Crippen LogP contribution in [0.1, 0.15) is 100 Å². The molecule has 2 fully saturated rings. The minimum absolute atomic E-state index is 0.0985. The molecule has 0 saturated carbocycles. The second kappa shape index (κ2) is 25.9. The van der Waals surface area contributed by atoms with Crippen molar-refractivity contribution >= 4 is 73.1 Å². The summed E-state index contributed by atoms with van der Waals surface area (Å²) in [4.78, 5) is 60.3. The lowest BCUT2D eigenvalue weighted by Crippen LogP contribution is -2.31. The van der Waals surface area contributed by atoms with Gasteiger partial charge in [-0.2, -0.15) is 0 Å². The van der Waals surface area contributed by atoms with Crippen molar-refractivity contribution in [2.45, 2.75) is 79.1 Å². The summed E-state index contributed by atoms with van der Waals surface area (Å²) in [5.41, 5.74) is 13.8. The number of likely N-dealkylation sites (tertiary alicyclic amines) is 2. The number of rotatable bonds is 16. The van der Waals surface area contributed by atoms with E-state index in [1.165, 1.54) is 77.7 Å². The molecule has 0 aliphatic carbocycles. The summed E-state index contributed by atoms with van der Waals surface area (Å²) in [6.45, 7) is 19.3. The third-order valence-electron chi connectivity index (χ3n) is 13.5. The second-order valence-electron chi connectivity index (χ2n) is 18.4. The maximum Gasteiger partial charge on any atom is 0.309 e. The molecule has 2 amide bonds. The van der Waals surface area contributed by atoms with Crippen molar-refractivity contribution in [3.05, 3.63) is 102 Å². The molecule has 0 atom stereocenters. The fraction of sp³-hybridized carbons (Fsp3) is 0.429. The van der Waals surface area contributed by atoms with Gasteiger partial charge in [0, 0.05) is 85.1 Å². The quantitative estimate of drug-likeness (QED) is 0.0870. The molecule has 6 aromatic heterocycles. The Hall–Kier alpha value is -6.59. The molecule has 384 valence electrons. The Morgan fingerprint density at radius 2 is 1.08 bits per heavy atom. The maximum absolute atomic E-state index is 12.7. The number of aromatic nitrogens is 6. The molecule has 17 heteroatoms. The minimum atomic E-state index is -0.211. The van der Waals surface area contributed by atoms with E-state index in [-0.39, 0.29) is 23.6 Å². The highest BCUT2D eigenvalue weighted by Crippen LogP contribution is 2.32. The molecule has 2 aliphatic heterocycles. The first-order valence-corrected chi connectivity index (χ1v) is 26.5. The number of hydrogen-bond acceptors (Lipinski definition) is 14. The number of nitrogens with one attached hydrogen (secondary N) is 1. The molecule has 8 heterocycles. The minimum Gasteiger partial charge on any atom is -0.432 e. The zero-order valence-corrected chi connectivity index (χ0v) is 43.5. The first-order valence-electron chi connectivity index (χ1n) is 26.1. The van der Waals surface area contributed by atoms with Crippen LogP contribution in [0.3, 0.4) is 0 Å². The van der Waals surface area contributed by atoms with Crippen LogP contribution in [0.25, 0.3) is 66.5 Å². The van der Waals surface area contributed by atoms with Crippen LogP contribution in [0, 0.1) is 0 Å². The van der Waals surface area contributed by atoms with Gasteiger partial charge in [0.05, 0.1) is 27.4 Å². The van der Waals surface area contributed by atoms with E-state index in [0.717, 1.165) is 70.4 Å². The van der Waals surface area contributed by atoms with E-state index in [4.69, 9.17) is 31.2 Å². The summed E-state index contributed by atoms with van der Waals surface area (Å²) in [5.74, 6) is -0.178. The van der Waals surface area contributed by atoms with Crippen LogP contribution in [0.5, 0.6) is 0 Å². The molecule has 0 radical (unpaired) electrons. The number of piperidine rings is 2. The molecule has 73 heavy (non-hydrogen) atoms. The van der Waals surface area contributed by atoms with Gasteiger partial charge in [0.25, 0.3) is 11.8 Å². The van der Waals surface area contributed by atoms with Crippen molar-refractivity contribution in [1.29, 1.82) is 0 Å². The average molecular weight is 1010 g/mol. The van der Waals surface area contributed by atoms with Crippen molar-refractivity contribution in [3.63, 3.8) is 0 Å². The van der Waals surface area contributed by atoms with E-state index >= 15 is 0 Å². The van der Waals surface area contributed by atoms with Crippen LogP contribution in [0.2, 0.25) is 5.02 Å². The molecule has 0 spiro atoms. The summed E-state index contributed by atoms with van der Waals surface area (Å²) < 4.78 is 11.6. The Morgan fingerprint density at radius 3 is 1.59 bits per heavy atom. The van der Waals surface area contributed by atoms with Gasteiger partial charge in [-0.3, -0.25) is 19.6 Å². The molecule has 2 saturated heterocycles. The number of oxazole rings is 2. The monoisotopic (exact) mass is 1010 g/mol. The smallest absolute Gasteiger partial charge is 0.309 e. The van der Waals surface area contributed by atoms with Crippen molar-refractivity contribution < 1.29 is 18.4 Å². The normalized spacial score (nSPS) is 14.2. The summed E-state index contributed by atoms with van der Waals surface area (Å²) in [7, 11) is 0. The Morgan fingerprint density at radius 1 is 0.603 bits per heavy atom. The highest BCUT2D eigenvalue weighted by molar-refractivity contribution is 6.35. The number of amides is 2. The van der Waals surface area contributed by atoms with Gasteiger partial charge in [0.15, 0.2) is 11.2 Å². The van der Waals surface area contributed by atoms with Gasteiger partial charge in [-0.25, -0.2) is 19.9 Å². The molecule has 10 rings (SSSR count). The summed E-state index contributed by atoms with van der Waals surface area (Å²) in [6.07, 6.45) is 17.5. The predicted molar refractivity (Wildman–Crippen MR) is 292 cm³/mol. The summed E-state index contributed by atoms with van der Waals surface area (Å²) in [6, 6.07) is 18.9. The topological polar surface area (TPSA) is 189 Å². The Bertz CT molecular complexity index is 3090. The maximum atomic E-state index is 12.7. The molecule has 16 nitrogen and oxygen atoms in total. The van der Waals surface area contributed by atoms with Crippen LogP contribution in [0.4, 0.5) is 5.69 Å². The van der Waals surface area contributed by atoms with Crippen LogP contribution < -0.4 is 11.1 Å². The number of carbonyl (C=O) groups is 2. The molecular weight excluding hydrogens is 940 g/mol. The molecule has 0 unspecified atom stereocenters. The van der Waals surface area contributed by atoms with Gasteiger partial charge in [0.2, 0.25) is 0 Å². The van der Waals surface area contributed by atoms with E-state index in [1.54, 1.807) is 34.5 Å². The lowest BCUT2D eigenvalue weighted by atomic mass is 10.1. The number of halogens is 1. The third-order valence-corrected chi connectivity index (χ3v) is 13.9. The molecule has 2 aromatic carbocycles. The first-order chi connectivity index (χ1) is 35.7. The summed E-state index contributed by atoms with van der Waals surface area (Å²) >= 11 is 6.38. The average Bonchev–Trinajstić information content (AvgIpc) is 4.08. The molecule has 3 N–H and O–H groups in total. The van der Waals surface area contributed by atoms with E-state index in [2.05, 4.69) is 46.1 Å². The van der Waals surface area contributed by atoms with E-state index < -0.39 is 0 Å².